The highest BCUT2D eigenvalue weighted by Gasteiger charge is 2.53. The molecule has 4 aliphatic carbocycles. The molecule has 2 amide bonds. The third kappa shape index (κ3) is 12.4. The van der Waals surface area contributed by atoms with Gasteiger partial charge in [0.1, 0.15) is 25.3 Å². The van der Waals surface area contributed by atoms with Gasteiger partial charge in [-0.1, -0.05) is 86.0 Å². The van der Waals surface area contributed by atoms with Gasteiger partial charge in [-0.2, -0.15) is 10.2 Å². The molecular formula is C58H82Cl2N10O4. The summed E-state index contributed by atoms with van der Waals surface area (Å²) >= 11 is 12.6. The number of carbonyl (C=O) groups is 2. The smallest absolute Gasteiger partial charge is 0.240 e. The summed E-state index contributed by atoms with van der Waals surface area (Å²) in [5, 5.41) is 42.8. The molecule has 2 aromatic heterocycles. The van der Waals surface area contributed by atoms with Crippen molar-refractivity contribution in [2.45, 2.75) is 203 Å². The van der Waals surface area contributed by atoms with Crippen molar-refractivity contribution < 1.29 is 19.8 Å². The molecule has 2 atom stereocenters. The van der Waals surface area contributed by atoms with Crippen LogP contribution in [0.4, 0.5) is 0 Å². The van der Waals surface area contributed by atoms with E-state index in [1.807, 2.05) is 70.5 Å². The van der Waals surface area contributed by atoms with Crippen LogP contribution in [0.5, 0.6) is 0 Å². The summed E-state index contributed by atoms with van der Waals surface area (Å²) in [7, 11) is 0. The first-order valence-electron chi connectivity index (χ1n) is 28.6. The Balaban J connectivity index is 0.760. The monoisotopic (exact) mass is 1050 g/mol. The van der Waals surface area contributed by atoms with Gasteiger partial charge in [0.25, 0.3) is 0 Å². The summed E-state index contributed by atoms with van der Waals surface area (Å²) in [4.78, 5) is 42.2. The van der Waals surface area contributed by atoms with E-state index in [1.54, 1.807) is 12.7 Å². The molecule has 2 aromatic carbocycles. The van der Waals surface area contributed by atoms with Gasteiger partial charge in [0.2, 0.25) is 11.8 Å². The van der Waals surface area contributed by atoms with Crippen LogP contribution >= 0.6 is 23.2 Å². The largest absolute Gasteiger partial charge is 0.387 e. The lowest BCUT2D eigenvalue weighted by Gasteiger charge is -2.51. The molecule has 14 nitrogen and oxygen atoms in total. The number of rotatable bonds is 17. The molecular weight excluding hydrogens is 972 g/mol. The number of hydrogen-bond donors (Lipinski definition) is 4. The highest BCUT2D eigenvalue weighted by molar-refractivity contribution is 6.30. The topological polar surface area (TPSA) is 167 Å². The summed E-state index contributed by atoms with van der Waals surface area (Å²) < 4.78 is 4.01. The van der Waals surface area contributed by atoms with Crippen LogP contribution in [0.3, 0.4) is 0 Å². The molecule has 0 spiro atoms. The Morgan fingerprint density at radius 1 is 0.527 bits per heavy atom. The number of piperidine rings is 2. The summed E-state index contributed by atoms with van der Waals surface area (Å²) in [5.41, 5.74) is -0.185. The van der Waals surface area contributed by atoms with Crippen molar-refractivity contribution in [2.75, 3.05) is 26.2 Å². The number of likely N-dealkylation sites (tertiary alicyclic amines) is 2. The molecule has 6 aliphatic rings. The molecule has 6 fully saturated rings. The Morgan fingerprint density at radius 3 is 1.20 bits per heavy atom. The average Bonchev–Trinajstić information content (AvgIpc) is 4.16. The minimum Gasteiger partial charge on any atom is -0.387 e. The maximum Gasteiger partial charge on any atom is 0.240 e. The maximum atomic E-state index is 14.7. The zero-order valence-electron chi connectivity index (χ0n) is 43.7. The Kier molecular flexibility index (Phi) is 17.2. The van der Waals surface area contributed by atoms with E-state index >= 15 is 0 Å². The van der Waals surface area contributed by atoms with Crippen molar-refractivity contribution in [3.63, 3.8) is 0 Å². The van der Waals surface area contributed by atoms with Crippen molar-refractivity contribution in [1.29, 1.82) is 0 Å². The summed E-state index contributed by atoms with van der Waals surface area (Å²) in [5.74, 6) is 1.51. The van der Waals surface area contributed by atoms with E-state index in [9.17, 15) is 19.8 Å². The Hall–Kier alpha value is -3.92. The molecule has 4 heterocycles. The fourth-order valence-corrected chi connectivity index (χ4v) is 15.3. The van der Waals surface area contributed by atoms with Gasteiger partial charge in [-0.05, 0) is 174 Å². The second-order valence-corrected chi connectivity index (χ2v) is 24.8. The van der Waals surface area contributed by atoms with Gasteiger partial charge < -0.3 is 30.6 Å². The van der Waals surface area contributed by atoms with Gasteiger partial charge in [0, 0.05) is 61.4 Å². The van der Waals surface area contributed by atoms with Gasteiger partial charge in [-0.15, -0.1) is 0 Å². The summed E-state index contributed by atoms with van der Waals surface area (Å²) in [6.45, 7) is 4.57. The first kappa shape index (κ1) is 53.5. The zero-order chi connectivity index (χ0) is 51.2. The third-order valence-electron chi connectivity index (χ3n) is 19.6. The number of carbonyl (C=O) groups excluding carboxylic acids is 2. The number of aliphatic hydroxyl groups is 2. The van der Waals surface area contributed by atoms with Gasteiger partial charge in [0.15, 0.2) is 0 Å². The lowest BCUT2D eigenvalue weighted by Crippen LogP contribution is -2.62. The van der Waals surface area contributed by atoms with E-state index in [-0.39, 0.29) is 34.7 Å². The van der Waals surface area contributed by atoms with Crippen LogP contribution < -0.4 is 10.6 Å². The lowest BCUT2D eigenvalue weighted by molar-refractivity contribution is -0.187. The molecule has 402 valence electrons. The number of aromatic nitrogens is 6. The Bertz CT molecular complexity index is 2210. The predicted octanol–water partition coefficient (Wildman–Crippen LogP) is 9.00. The Labute approximate surface area is 449 Å². The van der Waals surface area contributed by atoms with Crippen LogP contribution in [0.2, 0.25) is 10.0 Å². The van der Waals surface area contributed by atoms with Gasteiger partial charge in [0.05, 0.1) is 23.3 Å². The highest BCUT2D eigenvalue weighted by Crippen LogP contribution is 2.49. The molecule has 0 bridgehead atoms. The minimum atomic E-state index is -1.24. The van der Waals surface area contributed by atoms with Gasteiger partial charge in [-0.25, -0.2) is 9.97 Å². The van der Waals surface area contributed by atoms with Crippen LogP contribution in [0.25, 0.3) is 0 Å². The lowest BCUT2D eigenvalue weighted by atomic mass is 9.63. The third-order valence-corrected chi connectivity index (χ3v) is 20.1. The predicted molar refractivity (Wildman–Crippen MR) is 288 cm³/mol. The van der Waals surface area contributed by atoms with Crippen LogP contribution in [0.15, 0.2) is 73.8 Å². The standard InChI is InChI=1S/C58H82Cl2N10O4/c59-47-15-11-43(12-16-47)35-51(53(71)67-31-27-55(28-32-67,37-69-41-61-39-63-69)45-7-3-1-4-8-45)65-49-19-23-57(73,24-20-49)58(74)25-21-50(22-26-58)66-52(36-44-13-17-48(60)18-14-44)54(72)68-33-29-56(30-34-68,38-70-42-62-40-64-70)46-9-5-2-6-10-46/h11-18,39-42,45-46,49-52,65-66,73-74H,1-10,19-38H2/t49?,50?,51-,52-,57?,58?/m1/s1. The molecule has 2 saturated heterocycles. The summed E-state index contributed by atoms with van der Waals surface area (Å²) in [6, 6.07) is 14.8. The molecule has 0 radical (unpaired) electrons. The highest BCUT2D eigenvalue weighted by atomic mass is 35.5. The van der Waals surface area contributed by atoms with Crippen molar-refractivity contribution in [3.8, 4) is 0 Å². The maximum absolute atomic E-state index is 14.7. The van der Waals surface area contributed by atoms with Crippen LogP contribution in [0, 0.1) is 22.7 Å². The molecule has 16 heteroatoms. The minimum absolute atomic E-state index is 0.0152. The molecule has 10 rings (SSSR count). The number of halogens is 2. The van der Waals surface area contributed by atoms with Crippen LogP contribution in [-0.2, 0) is 35.5 Å². The van der Waals surface area contributed by atoms with Gasteiger partial charge >= 0.3 is 0 Å². The average molecular weight is 1050 g/mol. The number of amides is 2. The summed E-state index contributed by atoms with van der Waals surface area (Å²) in [6.07, 6.45) is 28.9. The SMILES string of the molecule is O=C([C@@H](Cc1ccc(Cl)cc1)NC1CCC(O)(C2(O)CCC(N[C@H](Cc3ccc(Cl)cc3)C(=O)N3CCC(Cn4cncn4)(C4CCCCC4)CC3)CC2)CC1)N1CCC(Cn2cncn2)(C2CCCCC2)CC1. The van der Waals surface area contributed by atoms with E-state index in [4.69, 9.17) is 23.2 Å². The van der Waals surface area contributed by atoms with Crippen molar-refractivity contribution in [2.24, 2.45) is 22.7 Å². The van der Waals surface area contributed by atoms with Crippen molar-refractivity contribution >= 4 is 35.0 Å². The van der Waals surface area contributed by atoms with Crippen molar-refractivity contribution in [3.05, 3.63) is 95.0 Å². The second kappa shape index (κ2) is 23.8. The van der Waals surface area contributed by atoms with E-state index < -0.39 is 23.3 Å². The number of nitrogens with one attached hydrogen (secondary N) is 2. The molecule has 2 aliphatic heterocycles. The zero-order valence-corrected chi connectivity index (χ0v) is 45.2. The van der Waals surface area contributed by atoms with E-state index in [1.165, 1.54) is 64.2 Å². The quantitative estimate of drug-likeness (QED) is 0.0802. The molecule has 4 saturated carbocycles. The molecule has 4 aromatic rings. The molecule has 74 heavy (non-hydrogen) atoms. The van der Waals surface area contributed by atoms with Crippen molar-refractivity contribution in [1.82, 2.24) is 50.0 Å². The van der Waals surface area contributed by atoms with E-state index in [0.29, 0.717) is 86.1 Å². The first-order chi connectivity index (χ1) is 35.9. The van der Waals surface area contributed by atoms with E-state index in [0.717, 1.165) is 76.1 Å². The van der Waals surface area contributed by atoms with Gasteiger partial charge in [-0.3, -0.25) is 19.0 Å². The fourth-order valence-electron chi connectivity index (χ4n) is 15.1. The number of benzene rings is 2. The molecule has 4 N–H and O–H groups in total. The molecule has 0 unspecified atom stereocenters. The number of nitrogens with zero attached hydrogens (tertiary/aromatic N) is 8. The normalized spacial score (nSPS) is 27.9. The van der Waals surface area contributed by atoms with Crippen LogP contribution in [0.1, 0.15) is 152 Å². The van der Waals surface area contributed by atoms with E-state index in [2.05, 4.69) is 40.6 Å². The van der Waals surface area contributed by atoms with Crippen LogP contribution in [-0.4, -0.2) is 123 Å². The Morgan fingerprint density at radius 2 is 0.878 bits per heavy atom. The fraction of sp³-hybridized carbons (Fsp3) is 0.690. The second-order valence-electron chi connectivity index (χ2n) is 23.9. The first-order valence-corrected chi connectivity index (χ1v) is 29.3. The number of hydrogen-bond acceptors (Lipinski definition) is 10.